The summed E-state index contributed by atoms with van der Waals surface area (Å²) in [7, 11) is 0. The van der Waals surface area contributed by atoms with Gasteiger partial charge in [-0.15, -0.1) is 0 Å². The maximum atomic E-state index is 4.18. The van der Waals surface area contributed by atoms with Crippen molar-refractivity contribution in [2.75, 3.05) is 13.1 Å². The Hall–Kier alpha value is -0.890. The molecule has 1 aromatic heterocycles. The third kappa shape index (κ3) is 4.90. The normalized spacial score (nSPS) is 18.9. The first-order chi connectivity index (χ1) is 9.77. The second kappa shape index (κ2) is 8.41. The molecule has 0 aliphatic heterocycles. The summed E-state index contributed by atoms with van der Waals surface area (Å²) in [5, 5.41) is 3.68. The van der Waals surface area contributed by atoms with E-state index in [0.717, 1.165) is 24.9 Å². The molecule has 1 unspecified atom stereocenters. The molecule has 0 aromatic carbocycles. The molecule has 1 aliphatic rings. The van der Waals surface area contributed by atoms with E-state index < -0.39 is 0 Å². The van der Waals surface area contributed by atoms with Crippen LogP contribution in [0.5, 0.6) is 0 Å². The van der Waals surface area contributed by atoms with Crippen molar-refractivity contribution in [3.05, 3.63) is 30.1 Å². The number of pyridine rings is 1. The first-order valence-electron chi connectivity index (χ1n) is 8.38. The van der Waals surface area contributed by atoms with Gasteiger partial charge in [0.05, 0.1) is 0 Å². The van der Waals surface area contributed by atoms with Crippen molar-refractivity contribution in [3.63, 3.8) is 0 Å². The molecule has 1 aliphatic carbocycles. The Labute approximate surface area is 124 Å². The van der Waals surface area contributed by atoms with Crippen molar-refractivity contribution >= 4 is 0 Å². The highest BCUT2D eigenvalue weighted by molar-refractivity contribution is 5.17. The van der Waals surface area contributed by atoms with Crippen molar-refractivity contribution < 1.29 is 0 Å². The SMILES string of the molecule is CC(C)CNCC(c1ccncc1)C1CCCCCC1. The summed E-state index contributed by atoms with van der Waals surface area (Å²) in [6, 6.07) is 4.43. The smallest absolute Gasteiger partial charge is 0.0270 e. The maximum absolute atomic E-state index is 4.18. The third-order valence-corrected chi connectivity index (χ3v) is 4.52. The van der Waals surface area contributed by atoms with E-state index in [1.807, 2.05) is 12.4 Å². The van der Waals surface area contributed by atoms with Gasteiger partial charge in [-0.25, -0.2) is 0 Å². The summed E-state index contributed by atoms with van der Waals surface area (Å²) >= 11 is 0. The van der Waals surface area contributed by atoms with E-state index in [9.17, 15) is 0 Å². The van der Waals surface area contributed by atoms with Crippen molar-refractivity contribution in [3.8, 4) is 0 Å². The lowest BCUT2D eigenvalue weighted by Gasteiger charge is -2.27. The van der Waals surface area contributed by atoms with Gasteiger partial charge in [0.2, 0.25) is 0 Å². The lowest BCUT2D eigenvalue weighted by Crippen LogP contribution is -2.29. The van der Waals surface area contributed by atoms with Gasteiger partial charge in [-0.2, -0.15) is 0 Å². The number of rotatable bonds is 6. The molecule has 1 saturated carbocycles. The standard InChI is InChI=1S/C18H30N2/c1-15(2)13-20-14-18(17-9-11-19-12-10-17)16-7-5-3-4-6-8-16/h9-12,15-16,18,20H,3-8,13-14H2,1-2H3. The fraction of sp³-hybridized carbons (Fsp3) is 0.722. The minimum absolute atomic E-state index is 0.662. The molecule has 0 saturated heterocycles. The Morgan fingerprint density at radius 2 is 1.70 bits per heavy atom. The van der Waals surface area contributed by atoms with Crippen LogP contribution < -0.4 is 5.32 Å². The second-order valence-corrected chi connectivity index (χ2v) is 6.69. The summed E-state index contributed by atoms with van der Waals surface area (Å²) in [6.07, 6.45) is 12.4. The molecular formula is C18H30N2. The minimum atomic E-state index is 0.662. The van der Waals surface area contributed by atoms with Gasteiger partial charge in [0.15, 0.2) is 0 Å². The van der Waals surface area contributed by atoms with Gasteiger partial charge >= 0.3 is 0 Å². The first kappa shape index (κ1) is 15.5. The van der Waals surface area contributed by atoms with Crippen LogP contribution in [0.4, 0.5) is 0 Å². The van der Waals surface area contributed by atoms with Crippen LogP contribution in [0.1, 0.15) is 63.9 Å². The van der Waals surface area contributed by atoms with Crippen LogP contribution in [0.25, 0.3) is 0 Å². The Kier molecular flexibility index (Phi) is 6.52. The van der Waals surface area contributed by atoms with Gasteiger partial charge in [0.1, 0.15) is 0 Å². The van der Waals surface area contributed by atoms with Crippen molar-refractivity contribution in [1.82, 2.24) is 10.3 Å². The van der Waals surface area contributed by atoms with Crippen molar-refractivity contribution in [2.45, 2.75) is 58.3 Å². The quantitative estimate of drug-likeness (QED) is 0.779. The fourth-order valence-electron chi connectivity index (χ4n) is 3.41. The topological polar surface area (TPSA) is 24.9 Å². The highest BCUT2D eigenvalue weighted by Crippen LogP contribution is 2.34. The predicted molar refractivity (Wildman–Crippen MR) is 85.9 cm³/mol. The van der Waals surface area contributed by atoms with E-state index in [-0.39, 0.29) is 0 Å². The number of nitrogens with one attached hydrogen (secondary N) is 1. The van der Waals surface area contributed by atoms with Gasteiger partial charge in [0.25, 0.3) is 0 Å². The summed E-state index contributed by atoms with van der Waals surface area (Å²) in [6.45, 7) is 6.79. The monoisotopic (exact) mass is 274 g/mol. The highest BCUT2D eigenvalue weighted by atomic mass is 14.9. The predicted octanol–water partition coefficient (Wildman–Crippen LogP) is 4.38. The Bertz CT molecular complexity index is 353. The number of hydrogen-bond donors (Lipinski definition) is 1. The van der Waals surface area contributed by atoms with Crippen LogP contribution in [0.15, 0.2) is 24.5 Å². The molecule has 0 bridgehead atoms. The lowest BCUT2D eigenvalue weighted by atomic mass is 9.81. The molecule has 1 heterocycles. The maximum Gasteiger partial charge on any atom is 0.0270 e. The molecule has 1 fully saturated rings. The average Bonchev–Trinajstić information content (AvgIpc) is 2.73. The van der Waals surface area contributed by atoms with Gasteiger partial charge in [-0.1, -0.05) is 39.5 Å². The van der Waals surface area contributed by atoms with E-state index in [4.69, 9.17) is 0 Å². The van der Waals surface area contributed by atoms with Crippen LogP contribution in [-0.2, 0) is 0 Å². The molecule has 0 spiro atoms. The number of aromatic nitrogens is 1. The number of nitrogens with zero attached hydrogens (tertiary/aromatic N) is 1. The van der Waals surface area contributed by atoms with E-state index in [1.54, 1.807) is 0 Å². The Morgan fingerprint density at radius 1 is 1.05 bits per heavy atom. The van der Waals surface area contributed by atoms with Crippen LogP contribution >= 0.6 is 0 Å². The summed E-state index contributed by atoms with van der Waals surface area (Å²) in [5.41, 5.74) is 1.48. The highest BCUT2D eigenvalue weighted by Gasteiger charge is 2.23. The zero-order valence-electron chi connectivity index (χ0n) is 13.1. The molecule has 2 rings (SSSR count). The zero-order chi connectivity index (χ0) is 14.2. The average molecular weight is 274 g/mol. The molecule has 2 heteroatoms. The lowest BCUT2D eigenvalue weighted by molar-refractivity contribution is 0.355. The van der Waals surface area contributed by atoms with Crippen LogP contribution in [-0.4, -0.2) is 18.1 Å². The molecule has 1 atom stereocenters. The minimum Gasteiger partial charge on any atom is -0.316 e. The molecule has 1 N–H and O–H groups in total. The molecule has 1 aromatic rings. The van der Waals surface area contributed by atoms with Gasteiger partial charge in [-0.05, 0) is 54.8 Å². The molecule has 2 nitrogen and oxygen atoms in total. The molecule has 0 radical (unpaired) electrons. The Morgan fingerprint density at radius 3 is 2.30 bits per heavy atom. The molecular weight excluding hydrogens is 244 g/mol. The van der Waals surface area contributed by atoms with Crippen LogP contribution in [0.3, 0.4) is 0 Å². The summed E-state index contributed by atoms with van der Waals surface area (Å²) in [5.74, 6) is 2.23. The molecule has 0 amide bonds. The van der Waals surface area contributed by atoms with Crippen LogP contribution in [0.2, 0.25) is 0 Å². The summed E-state index contributed by atoms with van der Waals surface area (Å²) < 4.78 is 0. The second-order valence-electron chi connectivity index (χ2n) is 6.69. The number of hydrogen-bond acceptors (Lipinski definition) is 2. The largest absolute Gasteiger partial charge is 0.316 e. The van der Waals surface area contributed by atoms with Crippen molar-refractivity contribution in [1.29, 1.82) is 0 Å². The van der Waals surface area contributed by atoms with Gasteiger partial charge in [-0.3, -0.25) is 4.98 Å². The van der Waals surface area contributed by atoms with Crippen LogP contribution in [0, 0.1) is 11.8 Å². The summed E-state index contributed by atoms with van der Waals surface area (Å²) in [4.78, 5) is 4.18. The molecule has 20 heavy (non-hydrogen) atoms. The fourth-order valence-corrected chi connectivity index (χ4v) is 3.41. The Balaban J connectivity index is 2.02. The van der Waals surface area contributed by atoms with Gasteiger partial charge in [0, 0.05) is 18.9 Å². The van der Waals surface area contributed by atoms with E-state index in [0.29, 0.717) is 5.92 Å². The third-order valence-electron chi connectivity index (χ3n) is 4.52. The van der Waals surface area contributed by atoms with E-state index in [2.05, 4.69) is 36.3 Å². The zero-order valence-corrected chi connectivity index (χ0v) is 13.1. The first-order valence-corrected chi connectivity index (χ1v) is 8.38. The van der Waals surface area contributed by atoms with Gasteiger partial charge < -0.3 is 5.32 Å². The van der Waals surface area contributed by atoms with E-state index >= 15 is 0 Å². The van der Waals surface area contributed by atoms with E-state index in [1.165, 1.54) is 44.1 Å². The molecule has 112 valence electrons. The van der Waals surface area contributed by atoms with Crippen molar-refractivity contribution in [2.24, 2.45) is 11.8 Å².